The lowest BCUT2D eigenvalue weighted by atomic mass is 10.1. The van der Waals surface area contributed by atoms with E-state index in [1.54, 1.807) is 37.3 Å². The molecular weight excluding hydrogens is 362 g/mol. The summed E-state index contributed by atoms with van der Waals surface area (Å²) < 4.78 is 11.6. The molecule has 1 aliphatic rings. The van der Waals surface area contributed by atoms with Crippen molar-refractivity contribution in [1.29, 1.82) is 0 Å². The third-order valence-corrected chi connectivity index (χ3v) is 4.80. The van der Waals surface area contributed by atoms with E-state index in [2.05, 4.69) is 20.5 Å². The van der Waals surface area contributed by atoms with Gasteiger partial charge in [0, 0.05) is 11.6 Å². The van der Waals surface area contributed by atoms with Gasteiger partial charge < -0.3 is 9.26 Å². The molecule has 4 aromatic rings. The molecule has 1 aromatic carbocycles. The van der Waals surface area contributed by atoms with Gasteiger partial charge >= 0.3 is 5.97 Å². The van der Waals surface area contributed by atoms with Crippen LogP contribution in [0.1, 0.15) is 40.5 Å². The predicted molar refractivity (Wildman–Crippen MR) is 97.7 cm³/mol. The second-order valence-electron chi connectivity index (χ2n) is 6.79. The topological polar surface area (TPSA) is 113 Å². The lowest BCUT2D eigenvalue weighted by molar-refractivity contribution is 0.0338. The summed E-state index contributed by atoms with van der Waals surface area (Å²) >= 11 is 0. The summed E-state index contributed by atoms with van der Waals surface area (Å²) in [6, 6.07) is 8.58. The van der Waals surface area contributed by atoms with Gasteiger partial charge in [-0.15, -0.1) is 5.10 Å². The van der Waals surface area contributed by atoms with Crippen molar-refractivity contribution in [2.75, 3.05) is 0 Å². The highest BCUT2D eigenvalue weighted by atomic mass is 16.5. The Kier molecular flexibility index (Phi) is 3.68. The van der Waals surface area contributed by atoms with Gasteiger partial charge in [0.15, 0.2) is 6.73 Å². The lowest BCUT2D eigenvalue weighted by Crippen LogP contribution is -2.26. The SMILES string of the molecule is Cc1noc2nc(C3CC3)cc(C(=O)OCn3nnc4ccccc4c3=O)c12. The van der Waals surface area contributed by atoms with Crippen LogP contribution in [0.15, 0.2) is 39.6 Å². The largest absolute Gasteiger partial charge is 0.439 e. The number of pyridine rings is 1. The summed E-state index contributed by atoms with van der Waals surface area (Å²) in [5, 5.41) is 12.6. The number of fused-ring (bicyclic) bond motifs is 2. The van der Waals surface area contributed by atoms with Crippen LogP contribution in [0.5, 0.6) is 0 Å². The number of aryl methyl sites for hydroxylation is 1. The van der Waals surface area contributed by atoms with Crippen molar-refractivity contribution in [1.82, 2.24) is 25.1 Å². The van der Waals surface area contributed by atoms with Crippen molar-refractivity contribution >= 4 is 28.0 Å². The second-order valence-corrected chi connectivity index (χ2v) is 6.79. The number of hydrogen-bond acceptors (Lipinski definition) is 8. The van der Waals surface area contributed by atoms with Gasteiger partial charge in [-0.3, -0.25) is 4.79 Å². The van der Waals surface area contributed by atoms with Gasteiger partial charge in [-0.1, -0.05) is 22.5 Å². The van der Waals surface area contributed by atoms with Gasteiger partial charge in [-0.25, -0.2) is 9.78 Å². The Bertz CT molecular complexity index is 1290. The van der Waals surface area contributed by atoms with Crippen LogP contribution in [-0.4, -0.2) is 31.1 Å². The standard InChI is InChI=1S/C19H15N5O4/c1-10-16-13(8-15(11-6-7-11)20-17(16)28-22-10)19(26)27-9-24-18(25)12-4-2-3-5-14(12)21-23-24/h2-5,8,11H,6-7,9H2,1H3. The van der Waals surface area contributed by atoms with E-state index in [-0.39, 0.29) is 12.3 Å². The molecule has 140 valence electrons. The molecule has 0 aliphatic heterocycles. The number of carbonyl (C=O) groups is 1. The maximum absolute atomic E-state index is 12.8. The number of esters is 1. The van der Waals surface area contributed by atoms with Crippen LogP contribution in [0.2, 0.25) is 0 Å². The molecule has 0 atom stereocenters. The number of hydrogen-bond donors (Lipinski definition) is 0. The molecular formula is C19H15N5O4. The number of nitrogens with zero attached hydrogens (tertiary/aromatic N) is 5. The zero-order chi connectivity index (χ0) is 19.3. The fourth-order valence-electron chi connectivity index (χ4n) is 3.17. The average molecular weight is 377 g/mol. The zero-order valence-corrected chi connectivity index (χ0v) is 15.0. The van der Waals surface area contributed by atoms with Gasteiger partial charge in [-0.2, -0.15) is 4.68 Å². The summed E-state index contributed by atoms with van der Waals surface area (Å²) in [6.45, 7) is 1.39. The quantitative estimate of drug-likeness (QED) is 0.498. The van der Waals surface area contributed by atoms with E-state index in [9.17, 15) is 9.59 Å². The Morgan fingerprint density at radius 3 is 2.96 bits per heavy atom. The summed E-state index contributed by atoms with van der Waals surface area (Å²) in [6.07, 6.45) is 2.06. The van der Waals surface area contributed by atoms with Gasteiger partial charge in [0.05, 0.1) is 22.0 Å². The fraction of sp³-hybridized carbons (Fsp3) is 0.263. The Balaban J connectivity index is 1.47. The molecule has 0 amide bonds. The maximum atomic E-state index is 12.8. The maximum Gasteiger partial charge on any atom is 0.340 e. The predicted octanol–water partition coefficient (Wildman–Crippen LogP) is 2.33. The highest BCUT2D eigenvalue weighted by Gasteiger charge is 2.29. The molecule has 0 spiro atoms. The highest BCUT2D eigenvalue weighted by Crippen LogP contribution is 2.40. The molecule has 0 N–H and O–H groups in total. The Morgan fingerprint density at radius 1 is 1.32 bits per heavy atom. The zero-order valence-electron chi connectivity index (χ0n) is 15.0. The van der Waals surface area contributed by atoms with Crippen molar-refractivity contribution in [3.8, 4) is 0 Å². The van der Waals surface area contributed by atoms with E-state index >= 15 is 0 Å². The summed E-state index contributed by atoms with van der Waals surface area (Å²) in [7, 11) is 0. The third kappa shape index (κ3) is 2.72. The molecule has 0 saturated heterocycles. The van der Waals surface area contributed by atoms with Crippen LogP contribution in [-0.2, 0) is 11.5 Å². The second kappa shape index (κ2) is 6.22. The van der Waals surface area contributed by atoms with Crippen molar-refractivity contribution in [2.24, 2.45) is 0 Å². The molecule has 1 fully saturated rings. The first-order valence-corrected chi connectivity index (χ1v) is 8.88. The van der Waals surface area contributed by atoms with Crippen molar-refractivity contribution in [2.45, 2.75) is 32.4 Å². The van der Waals surface area contributed by atoms with E-state index < -0.39 is 5.97 Å². The molecule has 0 bridgehead atoms. The van der Waals surface area contributed by atoms with Gasteiger partial charge in [-0.05, 0) is 38.0 Å². The first-order valence-electron chi connectivity index (χ1n) is 8.88. The van der Waals surface area contributed by atoms with Gasteiger partial charge in [0.25, 0.3) is 11.3 Å². The highest BCUT2D eigenvalue weighted by molar-refractivity contribution is 6.03. The molecule has 1 saturated carbocycles. The summed E-state index contributed by atoms with van der Waals surface area (Å²) in [5.74, 6) is -0.266. The smallest absolute Gasteiger partial charge is 0.340 e. The van der Waals surface area contributed by atoms with E-state index in [0.717, 1.165) is 23.2 Å². The summed E-state index contributed by atoms with van der Waals surface area (Å²) in [5.41, 5.74) is 2.10. The Hall–Kier alpha value is -3.62. The van der Waals surface area contributed by atoms with E-state index in [0.29, 0.717) is 39.2 Å². The van der Waals surface area contributed by atoms with Crippen molar-refractivity contribution in [3.63, 3.8) is 0 Å². The summed E-state index contributed by atoms with van der Waals surface area (Å²) in [4.78, 5) is 29.7. The van der Waals surface area contributed by atoms with E-state index in [1.165, 1.54) is 0 Å². The van der Waals surface area contributed by atoms with Crippen LogP contribution in [0.3, 0.4) is 0 Å². The van der Waals surface area contributed by atoms with Crippen LogP contribution >= 0.6 is 0 Å². The van der Waals surface area contributed by atoms with E-state index in [1.807, 2.05) is 0 Å². The Labute approximate surface area is 157 Å². The minimum Gasteiger partial charge on any atom is -0.439 e. The molecule has 1 aliphatic carbocycles. The average Bonchev–Trinajstić information content (AvgIpc) is 3.50. The number of ether oxygens (including phenoxy) is 1. The fourth-order valence-corrected chi connectivity index (χ4v) is 3.17. The molecule has 0 unspecified atom stereocenters. The first-order chi connectivity index (χ1) is 13.6. The van der Waals surface area contributed by atoms with Gasteiger partial charge in [0.2, 0.25) is 0 Å². The molecule has 3 aromatic heterocycles. The monoisotopic (exact) mass is 377 g/mol. The molecule has 9 heteroatoms. The normalized spacial score (nSPS) is 13.9. The molecule has 28 heavy (non-hydrogen) atoms. The van der Waals surface area contributed by atoms with Crippen molar-refractivity contribution < 1.29 is 14.1 Å². The number of aromatic nitrogens is 5. The first kappa shape index (κ1) is 16.5. The minimum absolute atomic E-state index is 0.316. The Morgan fingerprint density at radius 2 is 2.14 bits per heavy atom. The van der Waals surface area contributed by atoms with E-state index in [4.69, 9.17) is 9.26 Å². The van der Waals surface area contributed by atoms with Crippen LogP contribution in [0.4, 0.5) is 0 Å². The van der Waals surface area contributed by atoms with Gasteiger partial charge in [0.1, 0.15) is 5.52 Å². The lowest BCUT2D eigenvalue weighted by Gasteiger charge is -2.08. The third-order valence-electron chi connectivity index (χ3n) is 4.80. The molecule has 5 rings (SSSR count). The van der Waals surface area contributed by atoms with Crippen LogP contribution < -0.4 is 5.56 Å². The molecule has 3 heterocycles. The molecule has 9 nitrogen and oxygen atoms in total. The van der Waals surface area contributed by atoms with Crippen LogP contribution in [0, 0.1) is 6.92 Å². The number of carbonyl (C=O) groups excluding carboxylic acids is 1. The number of rotatable bonds is 4. The molecule has 0 radical (unpaired) electrons. The minimum atomic E-state index is -0.595. The van der Waals surface area contributed by atoms with Crippen molar-refractivity contribution in [3.05, 3.63) is 57.6 Å². The van der Waals surface area contributed by atoms with Crippen LogP contribution in [0.25, 0.3) is 22.0 Å². The number of benzene rings is 1.